The summed E-state index contributed by atoms with van der Waals surface area (Å²) in [5.41, 5.74) is 2.32. The van der Waals surface area contributed by atoms with Crippen molar-refractivity contribution in [2.75, 3.05) is 20.2 Å². The molecule has 1 aromatic rings. The highest BCUT2D eigenvalue weighted by molar-refractivity contribution is 5.64. The van der Waals surface area contributed by atoms with Crippen LogP contribution in [0.5, 0.6) is 5.75 Å². The minimum absolute atomic E-state index is 0.804. The molecule has 1 aliphatic heterocycles. The Kier molecular flexibility index (Phi) is 2.79. The van der Waals surface area contributed by atoms with Crippen molar-refractivity contribution >= 4 is 5.57 Å². The molecule has 0 spiro atoms. The Bertz CT molecular complexity index is 330. The third-order valence-electron chi connectivity index (χ3n) is 2.33. The van der Waals surface area contributed by atoms with Crippen LogP contribution in [-0.4, -0.2) is 25.2 Å². The summed E-state index contributed by atoms with van der Waals surface area (Å²) in [6, 6.07) is 3.94. The number of nitrogens with zero attached hydrogens (tertiary/aromatic N) is 1. The zero-order chi connectivity index (χ0) is 9.80. The highest BCUT2D eigenvalue weighted by Crippen LogP contribution is 2.16. The van der Waals surface area contributed by atoms with E-state index in [1.165, 1.54) is 5.57 Å². The summed E-state index contributed by atoms with van der Waals surface area (Å²) in [6.45, 7) is 1.99. The van der Waals surface area contributed by atoms with Crippen LogP contribution in [0.25, 0.3) is 5.57 Å². The zero-order valence-corrected chi connectivity index (χ0v) is 8.29. The monoisotopic (exact) mass is 190 g/mol. The maximum Gasteiger partial charge on any atom is 0.137 e. The molecule has 3 heteroatoms. The molecular weight excluding hydrogens is 176 g/mol. The Morgan fingerprint density at radius 2 is 2.36 bits per heavy atom. The highest BCUT2D eigenvalue weighted by atomic mass is 16.5. The van der Waals surface area contributed by atoms with Crippen LogP contribution < -0.4 is 10.1 Å². The average Bonchev–Trinajstić information content (AvgIpc) is 2.30. The number of rotatable bonds is 2. The molecule has 0 saturated heterocycles. The lowest BCUT2D eigenvalue weighted by Crippen LogP contribution is -2.21. The fraction of sp³-hybridized carbons (Fsp3) is 0.364. The molecule has 74 valence electrons. The summed E-state index contributed by atoms with van der Waals surface area (Å²) in [6.07, 6.45) is 5.08. The number of aromatic nitrogens is 1. The molecule has 1 aliphatic rings. The summed E-state index contributed by atoms with van der Waals surface area (Å²) in [7, 11) is 1.65. The minimum Gasteiger partial charge on any atom is -0.495 e. The van der Waals surface area contributed by atoms with Crippen molar-refractivity contribution in [2.24, 2.45) is 0 Å². The first kappa shape index (κ1) is 9.21. The van der Waals surface area contributed by atoms with Gasteiger partial charge in [-0.2, -0.15) is 0 Å². The lowest BCUT2D eigenvalue weighted by atomic mass is 10.1. The lowest BCUT2D eigenvalue weighted by molar-refractivity contribution is 0.413. The van der Waals surface area contributed by atoms with E-state index in [0.29, 0.717) is 0 Å². The van der Waals surface area contributed by atoms with Crippen molar-refractivity contribution in [3.8, 4) is 5.75 Å². The maximum absolute atomic E-state index is 5.06. The van der Waals surface area contributed by atoms with Crippen molar-refractivity contribution in [2.45, 2.75) is 6.42 Å². The smallest absolute Gasteiger partial charge is 0.137 e. The van der Waals surface area contributed by atoms with E-state index in [2.05, 4.69) is 16.4 Å². The fourth-order valence-electron chi connectivity index (χ4n) is 1.53. The molecule has 0 amide bonds. The second-order valence-corrected chi connectivity index (χ2v) is 3.28. The van der Waals surface area contributed by atoms with E-state index in [1.54, 1.807) is 13.3 Å². The van der Waals surface area contributed by atoms with Crippen molar-refractivity contribution in [3.05, 3.63) is 30.1 Å². The van der Waals surface area contributed by atoms with Gasteiger partial charge in [0.2, 0.25) is 0 Å². The van der Waals surface area contributed by atoms with Gasteiger partial charge in [0.15, 0.2) is 0 Å². The molecule has 0 atom stereocenters. The molecule has 0 fully saturated rings. The molecule has 0 unspecified atom stereocenters. The van der Waals surface area contributed by atoms with E-state index in [0.717, 1.165) is 31.0 Å². The van der Waals surface area contributed by atoms with Gasteiger partial charge in [-0.15, -0.1) is 0 Å². The molecule has 1 aromatic heterocycles. The molecule has 14 heavy (non-hydrogen) atoms. The predicted octanol–water partition coefficient (Wildman–Crippen LogP) is 1.47. The third kappa shape index (κ3) is 1.93. The highest BCUT2D eigenvalue weighted by Gasteiger charge is 2.06. The van der Waals surface area contributed by atoms with E-state index in [9.17, 15) is 0 Å². The summed E-state index contributed by atoms with van der Waals surface area (Å²) in [4.78, 5) is 4.34. The van der Waals surface area contributed by atoms with Crippen molar-refractivity contribution in [1.82, 2.24) is 10.3 Å². The Balaban J connectivity index is 2.19. The lowest BCUT2D eigenvalue weighted by Gasteiger charge is -2.13. The first-order valence-corrected chi connectivity index (χ1v) is 4.80. The maximum atomic E-state index is 5.06. The largest absolute Gasteiger partial charge is 0.495 e. The molecule has 2 rings (SSSR count). The molecule has 0 aromatic carbocycles. The summed E-state index contributed by atoms with van der Waals surface area (Å²) < 4.78 is 5.06. The number of methoxy groups -OCH3 is 1. The van der Waals surface area contributed by atoms with Gasteiger partial charge in [0, 0.05) is 6.54 Å². The minimum atomic E-state index is 0.804. The number of hydrogen-bond donors (Lipinski definition) is 1. The van der Waals surface area contributed by atoms with Crippen LogP contribution >= 0.6 is 0 Å². The van der Waals surface area contributed by atoms with E-state index in [1.807, 2.05) is 12.1 Å². The normalized spacial score (nSPS) is 16.2. The predicted molar refractivity (Wildman–Crippen MR) is 56.3 cm³/mol. The van der Waals surface area contributed by atoms with Crippen LogP contribution in [0.15, 0.2) is 24.4 Å². The van der Waals surface area contributed by atoms with Gasteiger partial charge in [0.1, 0.15) is 5.75 Å². The Morgan fingerprint density at radius 3 is 2.93 bits per heavy atom. The molecule has 2 heterocycles. The topological polar surface area (TPSA) is 34.1 Å². The second kappa shape index (κ2) is 4.24. The van der Waals surface area contributed by atoms with Gasteiger partial charge in [-0.1, -0.05) is 6.08 Å². The number of nitrogens with one attached hydrogen (secondary N) is 1. The molecular formula is C11H14N2O. The molecule has 0 saturated carbocycles. The molecule has 3 nitrogen and oxygen atoms in total. The van der Waals surface area contributed by atoms with Crippen molar-refractivity contribution < 1.29 is 4.74 Å². The Morgan fingerprint density at radius 1 is 1.43 bits per heavy atom. The van der Waals surface area contributed by atoms with Crippen LogP contribution in [0.4, 0.5) is 0 Å². The van der Waals surface area contributed by atoms with Crippen molar-refractivity contribution in [3.63, 3.8) is 0 Å². The van der Waals surface area contributed by atoms with Gasteiger partial charge in [-0.3, -0.25) is 4.98 Å². The van der Waals surface area contributed by atoms with E-state index in [4.69, 9.17) is 4.74 Å². The number of ether oxygens (including phenoxy) is 1. The standard InChI is InChI=1S/C11H14N2O/c1-14-10-4-5-11(13-8-10)9-3-2-6-12-7-9/h3-5,8,12H,2,6-7H2,1H3. The average molecular weight is 190 g/mol. The first-order chi connectivity index (χ1) is 6.90. The third-order valence-corrected chi connectivity index (χ3v) is 2.33. The van der Waals surface area contributed by atoms with Gasteiger partial charge in [-0.25, -0.2) is 0 Å². The molecule has 1 N–H and O–H groups in total. The van der Waals surface area contributed by atoms with Gasteiger partial charge in [-0.05, 0) is 30.7 Å². The number of hydrogen-bond acceptors (Lipinski definition) is 3. The van der Waals surface area contributed by atoms with Crippen LogP contribution in [0.1, 0.15) is 12.1 Å². The van der Waals surface area contributed by atoms with Crippen LogP contribution in [-0.2, 0) is 0 Å². The van der Waals surface area contributed by atoms with Gasteiger partial charge >= 0.3 is 0 Å². The first-order valence-electron chi connectivity index (χ1n) is 4.80. The zero-order valence-electron chi connectivity index (χ0n) is 8.29. The molecule has 0 aliphatic carbocycles. The van der Waals surface area contributed by atoms with Crippen molar-refractivity contribution in [1.29, 1.82) is 0 Å². The number of pyridine rings is 1. The quantitative estimate of drug-likeness (QED) is 0.766. The van der Waals surface area contributed by atoms with E-state index < -0.39 is 0 Å². The molecule has 0 bridgehead atoms. The van der Waals surface area contributed by atoms with E-state index in [-0.39, 0.29) is 0 Å². The fourth-order valence-corrected chi connectivity index (χ4v) is 1.53. The van der Waals surface area contributed by atoms with Crippen LogP contribution in [0.2, 0.25) is 0 Å². The van der Waals surface area contributed by atoms with Gasteiger partial charge in [0.05, 0.1) is 19.0 Å². The summed E-state index contributed by atoms with van der Waals surface area (Å²) in [5.74, 6) is 0.804. The van der Waals surface area contributed by atoms with Crippen LogP contribution in [0, 0.1) is 0 Å². The SMILES string of the molecule is COc1ccc(C2=CCCNC2)nc1. The Labute approximate surface area is 83.8 Å². The van der Waals surface area contributed by atoms with E-state index >= 15 is 0 Å². The summed E-state index contributed by atoms with van der Waals surface area (Å²) in [5, 5.41) is 3.32. The van der Waals surface area contributed by atoms with Gasteiger partial charge < -0.3 is 10.1 Å². The molecule has 0 radical (unpaired) electrons. The Hall–Kier alpha value is -1.35. The second-order valence-electron chi connectivity index (χ2n) is 3.28. The summed E-state index contributed by atoms with van der Waals surface area (Å²) >= 11 is 0. The van der Waals surface area contributed by atoms with Gasteiger partial charge in [0.25, 0.3) is 0 Å². The van der Waals surface area contributed by atoms with Crippen LogP contribution in [0.3, 0.4) is 0 Å².